The van der Waals surface area contributed by atoms with Gasteiger partial charge in [-0.3, -0.25) is 18.7 Å². The number of aryl methyl sites for hydroxylation is 1. The SMILES string of the molecule is CCOC(=O)N1CCc2c(sc3c2c(=O)n(CCc2ccccc2)c(=O)n3CC(=O)NC[C@@H]2CCCO2)C1. The van der Waals surface area contributed by atoms with Crippen LogP contribution in [-0.2, 0) is 46.7 Å². The topological polar surface area (TPSA) is 112 Å². The minimum absolute atomic E-state index is 0.0153. The molecule has 1 atom stereocenters. The van der Waals surface area contributed by atoms with Gasteiger partial charge in [0.2, 0.25) is 5.91 Å². The lowest BCUT2D eigenvalue weighted by Gasteiger charge is -2.25. The summed E-state index contributed by atoms with van der Waals surface area (Å²) in [6.45, 7) is 3.84. The van der Waals surface area contributed by atoms with Gasteiger partial charge in [-0.1, -0.05) is 30.3 Å². The molecule has 4 heterocycles. The highest BCUT2D eigenvalue weighted by Gasteiger charge is 2.29. The van der Waals surface area contributed by atoms with Gasteiger partial charge in [0.1, 0.15) is 11.4 Å². The van der Waals surface area contributed by atoms with Crippen molar-refractivity contribution in [2.75, 3.05) is 26.3 Å². The summed E-state index contributed by atoms with van der Waals surface area (Å²) < 4.78 is 13.4. The van der Waals surface area contributed by atoms with E-state index in [1.54, 1.807) is 11.8 Å². The fourth-order valence-corrected chi connectivity index (χ4v) is 6.43. The summed E-state index contributed by atoms with van der Waals surface area (Å²) in [5.41, 5.74) is 1.00. The van der Waals surface area contributed by atoms with E-state index in [2.05, 4.69) is 5.32 Å². The largest absolute Gasteiger partial charge is 0.450 e. The van der Waals surface area contributed by atoms with Crippen molar-refractivity contribution in [3.05, 3.63) is 67.2 Å². The van der Waals surface area contributed by atoms with Crippen molar-refractivity contribution in [2.24, 2.45) is 0 Å². The molecule has 0 bridgehead atoms. The first-order valence-corrected chi connectivity index (χ1v) is 13.9. The second-order valence-corrected chi connectivity index (χ2v) is 10.6. The van der Waals surface area contributed by atoms with Crippen LogP contribution in [0.1, 0.15) is 35.8 Å². The van der Waals surface area contributed by atoms with Crippen molar-refractivity contribution in [1.29, 1.82) is 0 Å². The molecule has 2 aliphatic rings. The first-order chi connectivity index (χ1) is 18.5. The van der Waals surface area contributed by atoms with Crippen LogP contribution in [0.25, 0.3) is 10.2 Å². The zero-order valence-electron chi connectivity index (χ0n) is 21.4. The van der Waals surface area contributed by atoms with E-state index in [-0.39, 0.29) is 37.3 Å². The van der Waals surface area contributed by atoms with Crippen LogP contribution >= 0.6 is 11.3 Å². The Kier molecular flexibility index (Phi) is 7.94. The minimum Gasteiger partial charge on any atom is -0.450 e. The number of amides is 2. The number of aromatic nitrogens is 2. The summed E-state index contributed by atoms with van der Waals surface area (Å²) >= 11 is 1.30. The molecular formula is C27H32N4O6S. The van der Waals surface area contributed by atoms with Gasteiger partial charge in [-0.05, 0) is 43.7 Å². The molecule has 202 valence electrons. The van der Waals surface area contributed by atoms with Crippen LogP contribution in [0.5, 0.6) is 0 Å². The molecule has 5 rings (SSSR count). The zero-order chi connectivity index (χ0) is 26.6. The molecule has 11 heteroatoms. The summed E-state index contributed by atoms with van der Waals surface area (Å²) in [6, 6.07) is 9.67. The Morgan fingerprint density at radius 3 is 2.74 bits per heavy atom. The maximum atomic E-state index is 13.7. The molecule has 1 aromatic carbocycles. The van der Waals surface area contributed by atoms with Gasteiger partial charge in [-0.25, -0.2) is 9.59 Å². The third-order valence-electron chi connectivity index (χ3n) is 7.05. The van der Waals surface area contributed by atoms with Gasteiger partial charge in [0.25, 0.3) is 5.56 Å². The predicted octanol–water partition coefficient (Wildman–Crippen LogP) is 2.28. The molecule has 0 radical (unpaired) electrons. The number of carbonyl (C=O) groups excluding carboxylic acids is 2. The lowest BCUT2D eigenvalue weighted by molar-refractivity contribution is -0.122. The second kappa shape index (κ2) is 11.5. The molecular weight excluding hydrogens is 508 g/mol. The number of hydrogen-bond acceptors (Lipinski definition) is 7. The third kappa shape index (κ3) is 5.39. The van der Waals surface area contributed by atoms with E-state index >= 15 is 0 Å². The van der Waals surface area contributed by atoms with E-state index in [9.17, 15) is 19.2 Å². The number of nitrogens with one attached hydrogen (secondary N) is 1. The third-order valence-corrected chi connectivity index (χ3v) is 8.29. The maximum Gasteiger partial charge on any atom is 0.410 e. The minimum atomic E-state index is -0.508. The first-order valence-electron chi connectivity index (χ1n) is 13.1. The Balaban J connectivity index is 1.50. The van der Waals surface area contributed by atoms with Gasteiger partial charge < -0.3 is 19.7 Å². The molecule has 0 aliphatic carbocycles. The Bertz CT molecular complexity index is 1440. The molecule has 0 spiro atoms. The number of thiophene rings is 1. The molecule has 1 fully saturated rings. The summed E-state index contributed by atoms with van der Waals surface area (Å²) in [6.07, 6.45) is 2.43. The summed E-state index contributed by atoms with van der Waals surface area (Å²) in [5, 5.41) is 3.34. The molecule has 2 aromatic heterocycles. The van der Waals surface area contributed by atoms with Gasteiger partial charge in [-0.15, -0.1) is 11.3 Å². The molecule has 2 aliphatic heterocycles. The molecule has 1 saturated heterocycles. The number of nitrogens with zero attached hydrogens (tertiary/aromatic N) is 3. The number of hydrogen-bond donors (Lipinski definition) is 1. The van der Waals surface area contributed by atoms with Crippen LogP contribution in [0.3, 0.4) is 0 Å². The van der Waals surface area contributed by atoms with E-state index in [0.717, 1.165) is 28.8 Å². The van der Waals surface area contributed by atoms with Gasteiger partial charge in [0.15, 0.2) is 0 Å². The Morgan fingerprint density at radius 1 is 1.18 bits per heavy atom. The number of rotatable bonds is 8. The first kappa shape index (κ1) is 26.2. The van der Waals surface area contributed by atoms with Crippen molar-refractivity contribution in [2.45, 2.75) is 58.3 Å². The molecule has 38 heavy (non-hydrogen) atoms. The van der Waals surface area contributed by atoms with Gasteiger partial charge in [-0.2, -0.15) is 0 Å². The Hall–Kier alpha value is -3.44. The number of carbonyl (C=O) groups is 2. The van der Waals surface area contributed by atoms with E-state index in [1.807, 2.05) is 30.3 Å². The van der Waals surface area contributed by atoms with Gasteiger partial charge in [0.05, 0.1) is 24.6 Å². The van der Waals surface area contributed by atoms with Gasteiger partial charge in [0, 0.05) is 31.1 Å². The summed E-state index contributed by atoms with van der Waals surface area (Å²) in [4.78, 5) is 55.5. The molecule has 1 N–H and O–H groups in total. The van der Waals surface area contributed by atoms with Crippen LogP contribution in [0.4, 0.5) is 4.79 Å². The van der Waals surface area contributed by atoms with Crippen molar-refractivity contribution < 1.29 is 19.1 Å². The van der Waals surface area contributed by atoms with Crippen LogP contribution in [-0.4, -0.2) is 58.4 Å². The highest BCUT2D eigenvalue weighted by molar-refractivity contribution is 7.18. The van der Waals surface area contributed by atoms with Crippen LogP contribution in [0.15, 0.2) is 39.9 Å². The lowest BCUT2D eigenvalue weighted by atomic mass is 10.1. The highest BCUT2D eigenvalue weighted by atomic mass is 32.1. The molecule has 10 nitrogen and oxygen atoms in total. The molecule has 0 saturated carbocycles. The van der Waals surface area contributed by atoms with Crippen molar-refractivity contribution >= 4 is 33.6 Å². The van der Waals surface area contributed by atoms with E-state index in [4.69, 9.17) is 9.47 Å². The second-order valence-electron chi connectivity index (χ2n) is 9.55. The van der Waals surface area contributed by atoms with Crippen LogP contribution in [0, 0.1) is 0 Å². The van der Waals surface area contributed by atoms with E-state index < -0.39 is 11.8 Å². The standard InChI is InChI=1S/C27H32N4O6S/c1-2-36-27(35)29-12-11-20-21(16-29)38-25-23(20)24(33)30(13-10-18-7-4-3-5-8-18)26(34)31(25)17-22(32)28-15-19-9-6-14-37-19/h3-5,7-8,19H,2,6,9-17H2,1H3,(H,28,32)/t19-/m0/s1. The normalized spacial score (nSPS) is 17.0. The fourth-order valence-electron chi connectivity index (χ4n) is 5.08. The quantitative estimate of drug-likeness (QED) is 0.469. The van der Waals surface area contributed by atoms with Gasteiger partial charge >= 0.3 is 11.8 Å². The summed E-state index contributed by atoms with van der Waals surface area (Å²) in [7, 11) is 0. The number of ether oxygens (including phenoxy) is 2. The van der Waals surface area contributed by atoms with Crippen LogP contribution < -0.4 is 16.6 Å². The molecule has 2 amide bonds. The van der Waals surface area contributed by atoms with Crippen LogP contribution in [0.2, 0.25) is 0 Å². The predicted molar refractivity (Wildman–Crippen MR) is 144 cm³/mol. The van der Waals surface area contributed by atoms with E-state index in [0.29, 0.717) is 49.3 Å². The zero-order valence-corrected chi connectivity index (χ0v) is 22.3. The smallest absolute Gasteiger partial charge is 0.410 e. The molecule has 3 aromatic rings. The number of fused-ring (bicyclic) bond motifs is 3. The average molecular weight is 541 g/mol. The average Bonchev–Trinajstić information content (AvgIpc) is 3.58. The lowest BCUT2D eigenvalue weighted by Crippen LogP contribution is -2.43. The molecule has 0 unspecified atom stereocenters. The highest BCUT2D eigenvalue weighted by Crippen LogP contribution is 2.33. The van der Waals surface area contributed by atoms with Crippen molar-refractivity contribution in [3.8, 4) is 0 Å². The van der Waals surface area contributed by atoms with E-state index in [1.165, 1.54) is 20.5 Å². The van der Waals surface area contributed by atoms with Crippen molar-refractivity contribution in [1.82, 2.24) is 19.4 Å². The monoisotopic (exact) mass is 540 g/mol. The Labute approximate surface area is 223 Å². The number of benzene rings is 1. The van der Waals surface area contributed by atoms with Crippen molar-refractivity contribution in [3.63, 3.8) is 0 Å². The fraction of sp³-hybridized carbons (Fsp3) is 0.481. The maximum absolute atomic E-state index is 13.7. The Morgan fingerprint density at radius 2 is 2.00 bits per heavy atom. The summed E-state index contributed by atoms with van der Waals surface area (Å²) in [5.74, 6) is -0.309.